The number of rotatable bonds is 3. The fraction of sp³-hybridized carbons (Fsp3) is 0.333. The summed E-state index contributed by atoms with van der Waals surface area (Å²) in [5.41, 5.74) is 1.93. The Hall–Kier alpha value is -1.79. The van der Waals surface area contributed by atoms with Gasteiger partial charge in [0, 0.05) is 43.5 Å². The Morgan fingerprint density at radius 1 is 1.29 bits per heavy atom. The summed E-state index contributed by atoms with van der Waals surface area (Å²) in [5.74, 6) is -0.125. The van der Waals surface area contributed by atoms with E-state index in [4.69, 9.17) is 0 Å². The van der Waals surface area contributed by atoms with Crippen LogP contribution >= 0.6 is 11.3 Å². The summed E-state index contributed by atoms with van der Waals surface area (Å²) in [4.78, 5) is 18.1. The molecule has 1 aromatic heterocycles. The van der Waals surface area contributed by atoms with Gasteiger partial charge in [-0.05, 0) is 24.3 Å². The number of hydrogen-bond donors (Lipinski definition) is 1. The molecule has 21 heavy (non-hydrogen) atoms. The van der Waals surface area contributed by atoms with Gasteiger partial charge in [0.1, 0.15) is 10.8 Å². The lowest BCUT2D eigenvalue weighted by atomic mass is 10.2. The first kappa shape index (κ1) is 14.2. The number of nitrogens with one attached hydrogen (secondary N) is 1. The Balaban J connectivity index is 1.67. The van der Waals surface area contributed by atoms with Crippen LogP contribution in [0.2, 0.25) is 0 Å². The maximum absolute atomic E-state index is 12.9. The lowest BCUT2D eigenvalue weighted by Crippen LogP contribution is -2.28. The third-order valence-corrected chi connectivity index (χ3v) is 4.37. The first-order chi connectivity index (χ1) is 10.2. The van der Waals surface area contributed by atoms with Crippen LogP contribution in [0.5, 0.6) is 0 Å². The Morgan fingerprint density at radius 2 is 2.10 bits per heavy atom. The number of amides is 1. The lowest BCUT2D eigenvalue weighted by molar-refractivity contribution is -0.120. The Kier molecular flexibility index (Phi) is 4.26. The van der Waals surface area contributed by atoms with Crippen molar-refractivity contribution in [3.8, 4) is 10.6 Å². The molecule has 0 radical (unpaired) electrons. The molecule has 2 heterocycles. The summed E-state index contributed by atoms with van der Waals surface area (Å²) in [6.45, 7) is 3.03. The maximum Gasteiger partial charge on any atom is 0.221 e. The number of aromatic nitrogens is 1. The van der Waals surface area contributed by atoms with Gasteiger partial charge in [0.15, 0.2) is 0 Å². The molecule has 0 saturated carbocycles. The molecular formula is C15H16FN3OS. The minimum absolute atomic E-state index is 0.114. The molecular weight excluding hydrogens is 289 g/mol. The zero-order chi connectivity index (χ0) is 14.7. The number of halogens is 1. The number of benzene rings is 1. The molecule has 1 fully saturated rings. The fourth-order valence-electron chi connectivity index (χ4n) is 2.31. The zero-order valence-corrected chi connectivity index (χ0v) is 12.3. The Morgan fingerprint density at radius 3 is 2.90 bits per heavy atom. The standard InChI is InChI=1S/C15H16FN3OS/c16-12-3-1-11(2-4-12)15-18-13(10-21-15)9-19-7-5-14(20)17-6-8-19/h1-4,10H,5-9H2,(H,17,20). The molecule has 0 bridgehead atoms. The quantitative estimate of drug-likeness (QED) is 0.946. The third-order valence-electron chi connectivity index (χ3n) is 3.43. The summed E-state index contributed by atoms with van der Waals surface area (Å²) < 4.78 is 12.9. The molecule has 0 unspecified atom stereocenters. The van der Waals surface area contributed by atoms with E-state index in [0.29, 0.717) is 13.0 Å². The molecule has 1 N–H and O–H groups in total. The Bertz CT molecular complexity index is 626. The lowest BCUT2D eigenvalue weighted by Gasteiger charge is -2.17. The maximum atomic E-state index is 12.9. The van der Waals surface area contributed by atoms with Gasteiger partial charge in [0.2, 0.25) is 5.91 Å². The predicted octanol–water partition coefficient (Wildman–Crippen LogP) is 2.27. The molecule has 0 aliphatic carbocycles. The van der Waals surface area contributed by atoms with Gasteiger partial charge in [-0.2, -0.15) is 0 Å². The van der Waals surface area contributed by atoms with Crippen LogP contribution in [0.4, 0.5) is 4.39 Å². The summed E-state index contributed by atoms with van der Waals surface area (Å²) in [6.07, 6.45) is 0.537. The smallest absolute Gasteiger partial charge is 0.221 e. The topological polar surface area (TPSA) is 45.2 Å². The average Bonchev–Trinajstić information content (AvgIpc) is 2.84. The first-order valence-electron chi connectivity index (χ1n) is 6.90. The van der Waals surface area contributed by atoms with Crippen molar-refractivity contribution < 1.29 is 9.18 Å². The molecule has 1 amide bonds. The summed E-state index contributed by atoms with van der Waals surface area (Å²) in [7, 11) is 0. The highest BCUT2D eigenvalue weighted by Gasteiger charge is 2.15. The molecule has 1 aliphatic heterocycles. The van der Waals surface area contributed by atoms with Gasteiger partial charge in [-0.3, -0.25) is 9.69 Å². The van der Waals surface area contributed by atoms with E-state index in [1.165, 1.54) is 12.1 Å². The van der Waals surface area contributed by atoms with Gasteiger partial charge >= 0.3 is 0 Å². The number of hydrogen-bond acceptors (Lipinski definition) is 4. The minimum atomic E-state index is -0.239. The molecule has 110 valence electrons. The van der Waals surface area contributed by atoms with Crippen LogP contribution in [0.25, 0.3) is 10.6 Å². The highest BCUT2D eigenvalue weighted by molar-refractivity contribution is 7.13. The van der Waals surface area contributed by atoms with E-state index < -0.39 is 0 Å². The van der Waals surface area contributed by atoms with E-state index in [0.717, 1.165) is 35.9 Å². The van der Waals surface area contributed by atoms with E-state index in [-0.39, 0.29) is 11.7 Å². The number of nitrogens with zero attached hydrogens (tertiary/aromatic N) is 2. The zero-order valence-electron chi connectivity index (χ0n) is 11.5. The van der Waals surface area contributed by atoms with Crippen LogP contribution in [0.15, 0.2) is 29.6 Å². The van der Waals surface area contributed by atoms with Crippen molar-refractivity contribution >= 4 is 17.2 Å². The van der Waals surface area contributed by atoms with Gasteiger partial charge in [-0.25, -0.2) is 9.37 Å². The van der Waals surface area contributed by atoms with Crippen molar-refractivity contribution in [3.63, 3.8) is 0 Å². The second-order valence-electron chi connectivity index (χ2n) is 5.03. The SMILES string of the molecule is O=C1CCN(Cc2csc(-c3ccc(F)cc3)n2)CCN1. The van der Waals surface area contributed by atoms with E-state index in [1.807, 2.05) is 5.38 Å². The van der Waals surface area contributed by atoms with E-state index in [1.54, 1.807) is 23.5 Å². The van der Waals surface area contributed by atoms with Crippen LogP contribution in [0, 0.1) is 5.82 Å². The van der Waals surface area contributed by atoms with Crippen molar-refractivity contribution in [2.75, 3.05) is 19.6 Å². The van der Waals surface area contributed by atoms with Gasteiger partial charge < -0.3 is 5.32 Å². The summed E-state index contributed by atoms with van der Waals surface area (Å²) >= 11 is 1.56. The normalized spacial score (nSPS) is 16.5. The summed E-state index contributed by atoms with van der Waals surface area (Å²) in [6, 6.07) is 6.38. The van der Waals surface area contributed by atoms with Crippen molar-refractivity contribution in [2.45, 2.75) is 13.0 Å². The molecule has 1 saturated heterocycles. The number of carbonyl (C=O) groups excluding carboxylic acids is 1. The molecule has 4 nitrogen and oxygen atoms in total. The number of thiazole rings is 1. The van der Waals surface area contributed by atoms with Crippen LogP contribution in [-0.2, 0) is 11.3 Å². The van der Waals surface area contributed by atoms with Gasteiger partial charge in [0.25, 0.3) is 0 Å². The fourth-order valence-corrected chi connectivity index (χ4v) is 3.12. The molecule has 6 heteroatoms. The Labute approximate surface area is 126 Å². The minimum Gasteiger partial charge on any atom is -0.355 e. The molecule has 0 atom stereocenters. The van der Waals surface area contributed by atoms with Crippen molar-refractivity contribution in [1.29, 1.82) is 0 Å². The number of carbonyl (C=O) groups is 1. The van der Waals surface area contributed by atoms with Crippen LogP contribution in [0.3, 0.4) is 0 Å². The third kappa shape index (κ3) is 3.65. The van der Waals surface area contributed by atoms with E-state index in [9.17, 15) is 9.18 Å². The van der Waals surface area contributed by atoms with Gasteiger partial charge in [-0.1, -0.05) is 0 Å². The molecule has 1 aromatic carbocycles. The second-order valence-corrected chi connectivity index (χ2v) is 5.89. The van der Waals surface area contributed by atoms with E-state index in [2.05, 4.69) is 15.2 Å². The van der Waals surface area contributed by atoms with Crippen molar-refractivity contribution in [3.05, 3.63) is 41.2 Å². The second kappa shape index (κ2) is 6.32. The molecule has 2 aromatic rings. The van der Waals surface area contributed by atoms with Crippen LogP contribution in [-0.4, -0.2) is 35.4 Å². The van der Waals surface area contributed by atoms with E-state index >= 15 is 0 Å². The van der Waals surface area contributed by atoms with Gasteiger partial charge in [0.05, 0.1) is 5.69 Å². The first-order valence-corrected chi connectivity index (χ1v) is 7.78. The largest absolute Gasteiger partial charge is 0.355 e. The van der Waals surface area contributed by atoms with Crippen LogP contribution < -0.4 is 5.32 Å². The molecule has 0 spiro atoms. The predicted molar refractivity (Wildman–Crippen MR) is 80.4 cm³/mol. The molecule has 3 rings (SSSR count). The molecule has 1 aliphatic rings. The summed E-state index contributed by atoms with van der Waals surface area (Å²) in [5, 5.41) is 5.79. The highest BCUT2D eigenvalue weighted by atomic mass is 32.1. The average molecular weight is 305 g/mol. The highest BCUT2D eigenvalue weighted by Crippen LogP contribution is 2.24. The van der Waals surface area contributed by atoms with Crippen molar-refractivity contribution in [1.82, 2.24) is 15.2 Å². The van der Waals surface area contributed by atoms with Gasteiger partial charge in [-0.15, -0.1) is 11.3 Å². The van der Waals surface area contributed by atoms with Crippen molar-refractivity contribution in [2.24, 2.45) is 0 Å². The van der Waals surface area contributed by atoms with Crippen LogP contribution in [0.1, 0.15) is 12.1 Å². The monoisotopic (exact) mass is 305 g/mol.